The Morgan fingerprint density at radius 2 is 1.95 bits per heavy atom. The molecule has 6 heteroatoms. The topological polar surface area (TPSA) is 24.9 Å². The van der Waals surface area contributed by atoms with Crippen LogP contribution in [-0.2, 0) is 0 Å². The van der Waals surface area contributed by atoms with E-state index in [0.29, 0.717) is 12.1 Å². The van der Waals surface area contributed by atoms with Crippen LogP contribution in [0.3, 0.4) is 0 Å². The van der Waals surface area contributed by atoms with E-state index in [-0.39, 0.29) is 16.2 Å². The molecule has 0 amide bonds. The van der Waals surface area contributed by atoms with E-state index < -0.39 is 17.5 Å². The fraction of sp³-hybridized carbons (Fsp3) is 0.214. The van der Waals surface area contributed by atoms with Crippen LogP contribution < -0.4 is 5.32 Å². The van der Waals surface area contributed by atoms with Crippen LogP contribution >= 0.6 is 15.9 Å². The van der Waals surface area contributed by atoms with E-state index in [4.69, 9.17) is 0 Å². The van der Waals surface area contributed by atoms with Gasteiger partial charge in [-0.1, -0.05) is 6.92 Å². The van der Waals surface area contributed by atoms with Crippen molar-refractivity contribution in [3.05, 3.63) is 58.1 Å². The van der Waals surface area contributed by atoms with Crippen LogP contribution in [0.2, 0.25) is 0 Å². The number of hydrogen-bond donors (Lipinski definition) is 1. The lowest BCUT2D eigenvalue weighted by Crippen LogP contribution is -2.12. The third kappa shape index (κ3) is 3.30. The minimum atomic E-state index is -0.689. The van der Waals surface area contributed by atoms with Gasteiger partial charge in [0.15, 0.2) is 0 Å². The first kappa shape index (κ1) is 14.8. The number of benzene rings is 1. The number of aromatic nitrogens is 1. The summed E-state index contributed by atoms with van der Waals surface area (Å²) in [6.07, 6.45) is 1.73. The summed E-state index contributed by atoms with van der Waals surface area (Å²) in [4.78, 5) is 3.97. The Kier molecular flexibility index (Phi) is 4.65. The van der Waals surface area contributed by atoms with Gasteiger partial charge < -0.3 is 5.32 Å². The zero-order chi connectivity index (χ0) is 14.7. The molecule has 2 rings (SSSR count). The second kappa shape index (κ2) is 6.26. The summed E-state index contributed by atoms with van der Waals surface area (Å²) in [7, 11) is 0. The minimum absolute atomic E-state index is 0.163. The van der Waals surface area contributed by atoms with Crippen LogP contribution in [0.1, 0.15) is 25.1 Å². The van der Waals surface area contributed by atoms with Crippen LogP contribution in [-0.4, -0.2) is 4.98 Å². The van der Waals surface area contributed by atoms with E-state index in [2.05, 4.69) is 26.2 Å². The van der Waals surface area contributed by atoms with Gasteiger partial charge in [0.25, 0.3) is 0 Å². The molecule has 2 nitrogen and oxygen atoms in total. The van der Waals surface area contributed by atoms with E-state index >= 15 is 0 Å². The molecule has 0 fully saturated rings. The van der Waals surface area contributed by atoms with Gasteiger partial charge >= 0.3 is 0 Å². The van der Waals surface area contributed by atoms with E-state index in [9.17, 15) is 13.2 Å². The van der Waals surface area contributed by atoms with Crippen molar-refractivity contribution in [2.24, 2.45) is 0 Å². The lowest BCUT2D eigenvalue weighted by molar-refractivity contribution is 0.577. The Balaban J connectivity index is 2.26. The van der Waals surface area contributed by atoms with Gasteiger partial charge in [-0.05, 0) is 40.5 Å². The Morgan fingerprint density at radius 3 is 2.55 bits per heavy atom. The highest BCUT2D eigenvalue weighted by atomic mass is 79.9. The van der Waals surface area contributed by atoms with Crippen LogP contribution in [0.25, 0.3) is 0 Å². The van der Waals surface area contributed by atoms with Crippen molar-refractivity contribution in [1.82, 2.24) is 4.98 Å². The lowest BCUT2D eigenvalue weighted by Gasteiger charge is -2.18. The number of nitrogens with zero attached hydrogens (tertiary/aromatic N) is 1. The smallest absolute Gasteiger partial charge is 0.149 e. The van der Waals surface area contributed by atoms with Crippen molar-refractivity contribution in [3.63, 3.8) is 0 Å². The predicted molar refractivity (Wildman–Crippen MR) is 74.9 cm³/mol. The quantitative estimate of drug-likeness (QED) is 0.804. The zero-order valence-electron chi connectivity index (χ0n) is 10.6. The summed E-state index contributed by atoms with van der Waals surface area (Å²) >= 11 is 3.01. The molecule has 1 aromatic heterocycles. The number of hydrogen-bond acceptors (Lipinski definition) is 2. The monoisotopic (exact) mass is 344 g/mol. The Hall–Kier alpha value is -1.56. The van der Waals surface area contributed by atoms with Gasteiger partial charge in [0, 0.05) is 6.07 Å². The highest BCUT2D eigenvalue weighted by Crippen LogP contribution is 2.27. The normalized spacial score (nSPS) is 12.2. The van der Waals surface area contributed by atoms with E-state index in [0.717, 1.165) is 12.3 Å². The molecule has 2 aromatic rings. The average molecular weight is 345 g/mol. The molecular weight excluding hydrogens is 333 g/mol. The highest BCUT2D eigenvalue weighted by Gasteiger charge is 2.15. The molecule has 1 N–H and O–H groups in total. The number of halogens is 4. The van der Waals surface area contributed by atoms with Crippen LogP contribution in [0.4, 0.5) is 18.9 Å². The molecule has 0 bridgehead atoms. The molecule has 0 spiro atoms. The maximum atomic E-state index is 13.7. The molecule has 1 atom stereocenters. The predicted octanol–water partition coefficient (Wildman–Crippen LogP) is 4.82. The average Bonchev–Trinajstić information content (AvgIpc) is 2.42. The molecule has 20 heavy (non-hydrogen) atoms. The summed E-state index contributed by atoms with van der Waals surface area (Å²) < 4.78 is 39.9. The molecule has 0 aliphatic heterocycles. The van der Waals surface area contributed by atoms with Crippen molar-refractivity contribution in [3.8, 4) is 0 Å². The maximum Gasteiger partial charge on any atom is 0.149 e. The first-order valence-corrected chi connectivity index (χ1v) is 6.83. The molecule has 1 unspecified atom stereocenters. The number of rotatable bonds is 4. The first-order chi connectivity index (χ1) is 9.51. The van der Waals surface area contributed by atoms with Crippen LogP contribution in [0, 0.1) is 17.5 Å². The molecular formula is C14H12BrF3N2. The van der Waals surface area contributed by atoms with E-state index in [1.165, 1.54) is 18.2 Å². The number of nitrogens with one attached hydrogen (secondary N) is 1. The fourth-order valence-corrected chi connectivity index (χ4v) is 2.14. The number of pyridine rings is 1. The van der Waals surface area contributed by atoms with Gasteiger partial charge in [-0.3, -0.25) is 4.98 Å². The lowest BCUT2D eigenvalue weighted by atomic mass is 10.1. The van der Waals surface area contributed by atoms with E-state index in [1.807, 2.05) is 6.92 Å². The second-order valence-electron chi connectivity index (χ2n) is 4.25. The summed E-state index contributed by atoms with van der Waals surface area (Å²) in [5, 5.41) is 2.94. The largest absolute Gasteiger partial charge is 0.374 e. The zero-order valence-corrected chi connectivity index (χ0v) is 12.2. The van der Waals surface area contributed by atoms with Crippen molar-refractivity contribution < 1.29 is 13.2 Å². The van der Waals surface area contributed by atoms with Gasteiger partial charge in [0.05, 0.1) is 28.1 Å². The van der Waals surface area contributed by atoms with Crippen LogP contribution in [0.5, 0.6) is 0 Å². The summed E-state index contributed by atoms with van der Waals surface area (Å²) in [5.74, 6) is -1.79. The molecule has 1 heterocycles. The molecule has 0 aliphatic rings. The first-order valence-electron chi connectivity index (χ1n) is 6.03. The summed E-state index contributed by atoms with van der Waals surface area (Å²) in [5.41, 5.74) is 0.755. The second-order valence-corrected chi connectivity index (χ2v) is 5.11. The van der Waals surface area contributed by atoms with Gasteiger partial charge in [-0.2, -0.15) is 0 Å². The van der Waals surface area contributed by atoms with Gasteiger partial charge in [-0.15, -0.1) is 0 Å². The van der Waals surface area contributed by atoms with Gasteiger partial charge in [-0.25, -0.2) is 13.2 Å². The molecule has 0 saturated heterocycles. The van der Waals surface area contributed by atoms with Crippen LogP contribution in [0.15, 0.2) is 34.9 Å². The summed E-state index contributed by atoms with van der Waals surface area (Å²) in [6.45, 7) is 1.89. The van der Waals surface area contributed by atoms with Crippen molar-refractivity contribution in [2.75, 3.05) is 5.32 Å². The third-order valence-electron chi connectivity index (χ3n) is 2.86. The third-order valence-corrected chi connectivity index (χ3v) is 3.46. The minimum Gasteiger partial charge on any atom is -0.374 e. The molecule has 0 aliphatic carbocycles. The molecule has 0 radical (unpaired) electrons. The molecule has 1 aromatic carbocycles. The summed E-state index contributed by atoms with van der Waals surface area (Å²) in [6, 6.07) is 4.67. The highest BCUT2D eigenvalue weighted by molar-refractivity contribution is 9.10. The van der Waals surface area contributed by atoms with Crippen molar-refractivity contribution >= 4 is 21.6 Å². The van der Waals surface area contributed by atoms with Gasteiger partial charge in [0.1, 0.15) is 17.5 Å². The standard InChI is InChI=1S/C14H12BrF3N2/c1-2-12(13-4-3-8(16)7-19-13)20-14-5-9(15)10(17)6-11(14)18/h3-7,12,20H,2H2,1H3. The Labute approximate surface area is 123 Å². The number of anilines is 1. The Morgan fingerprint density at radius 1 is 1.20 bits per heavy atom. The molecule has 0 saturated carbocycles. The SMILES string of the molecule is CCC(Nc1cc(Br)c(F)cc1F)c1ccc(F)cn1. The molecule has 106 valence electrons. The maximum absolute atomic E-state index is 13.7. The van der Waals surface area contributed by atoms with Gasteiger partial charge in [0.2, 0.25) is 0 Å². The van der Waals surface area contributed by atoms with Crippen molar-refractivity contribution in [1.29, 1.82) is 0 Å². The Bertz CT molecular complexity index is 602. The fourth-order valence-electron chi connectivity index (χ4n) is 1.80. The van der Waals surface area contributed by atoms with E-state index in [1.54, 1.807) is 0 Å². The van der Waals surface area contributed by atoms with Crippen molar-refractivity contribution in [2.45, 2.75) is 19.4 Å².